The van der Waals surface area contributed by atoms with E-state index in [1.54, 1.807) is 0 Å². The van der Waals surface area contributed by atoms with Crippen LogP contribution in [-0.4, -0.2) is 4.57 Å². The highest BCUT2D eigenvalue weighted by molar-refractivity contribution is 9.10. The summed E-state index contributed by atoms with van der Waals surface area (Å²) in [5.41, 5.74) is 3.93. The van der Waals surface area contributed by atoms with Gasteiger partial charge < -0.3 is 9.30 Å². The summed E-state index contributed by atoms with van der Waals surface area (Å²) >= 11 is 3.64. The molecule has 4 rings (SSSR count). The molecule has 2 bridgehead atoms. The molecule has 2 nitrogen and oxygen atoms in total. The van der Waals surface area contributed by atoms with Crippen molar-refractivity contribution in [3.63, 3.8) is 0 Å². The van der Waals surface area contributed by atoms with Crippen molar-refractivity contribution in [3.05, 3.63) is 46.1 Å². The maximum Gasteiger partial charge on any atom is 0.103 e. The van der Waals surface area contributed by atoms with Gasteiger partial charge in [0.15, 0.2) is 0 Å². The van der Waals surface area contributed by atoms with Crippen molar-refractivity contribution in [2.24, 2.45) is 7.05 Å². The number of halogens is 1. The molecule has 0 saturated carbocycles. The second kappa shape index (κ2) is 2.79. The van der Waals surface area contributed by atoms with Gasteiger partial charge in [-0.25, -0.2) is 0 Å². The van der Waals surface area contributed by atoms with Crippen LogP contribution in [0.5, 0.6) is 0 Å². The molecule has 1 aromatic heterocycles. The van der Waals surface area contributed by atoms with E-state index in [0.717, 1.165) is 4.47 Å². The molecular weight excluding hydrogens is 266 g/mol. The number of rotatable bonds is 0. The van der Waals surface area contributed by atoms with Crippen LogP contribution in [-0.2, 0) is 11.8 Å². The van der Waals surface area contributed by atoms with Crippen molar-refractivity contribution in [2.45, 2.75) is 12.2 Å². The van der Waals surface area contributed by atoms with Crippen LogP contribution < -0.4 is 0 Å². The van der Waals surface area contributed by atoms with Crippen molar-refractivity contribution < 1.29 is 4.74 Å². The van der Waals surface area contributed by atoms with Crippen LogP contribution in [0.3, 0.4) is 0 Å². The zero-order chi connectivity index (χ0) is 10.9. The molecule has 0 N–H and O–H groups in total. The Kier molecular flexibility index (Phi) is 1.57. The Morgan fingerprint density at radius 3 is 2.94 bits per heavy atom. The fourth-order valence-electron chi connectivity index (χ4n) is 2.82. The van der Waals surface area contributed by atoms with E-state index in [9.17, 15) is 0 Å². The van der Waals surface area contributed by atoms with Crippen LogP contribution >= 0.6 is 15.9 Å². The summed E-state index contributed by atoms with van der Waals surface area (Å²) in [5, 5.41) is 1.30. The fourth-order valence-corrected chi connectivity index (χ4v) is 3.54. The molecular formula is C13H10BrNO. The molecule has 0 fully saturated rings. The van der Waals surface area contributed by atoms with Gasteiger partial charge in [-0.2, -0.15) is 0 Å². The summed E-state index contributed by atoms with van der Waals surface area (Å²) in [4.78, 5) is 0. The minimum absolute atomic E-state index is 0.155. The third-order valence-electron chi connectivity index (χ3n) is 3.53. The maximum atomic E-state index is 5.87. The molecule has 2 aliphatic rings. The summed E-state index contributed by atoms with van der Waals surface area (Å²) in [6, 6.07) is 4.37. The lowest BCUT2D eigenvalue weighted by molar-refractivity contribution is 0.0883. The van der Waals surface area contributed by atoms with Crippen LogP contribution in [0.25, 0.3) is 10.9 Å². The Hall–Kier alpha value is -1.06. The highest BCUT2D eigenvalue weighted by Gasteiger charge is 2.35. The number of aryl methyl sites for hydroxylation is 1. The van der Waals surface area contributed by atoms with Gasteiger partial charge in [0.25, 0.3) is 0 Å². The molecule has 16 heavy (non-hydrogen) atoms. The molecule has 3 heteroatoms. The topological polar surface area (TPSA) is 14.2 Å². The molecule has 2 aromatic rings. The molecule has 0 spiro atoms. The summed E-state index contributed by atoms with van der Waals surface area (Å²) in [7, 11) is 2.07. The first-order valence-electron chi connectivity index (χ1n) is 5.37. The van der Waals surface area contributed by atoms with Crippen LogP contribution in [0.4, 0.5) is 0 Å². The third-order valence-corrected chi connectivity index (χ3v) is 4.13. The van der Waals surface area contributed by atoms with E-state index in [2.05, 4.69) is 58.0 Å². The Morgan fingerprint density at radius 2 is 2.06 bits per heavy atom. The van der Waals surface area contributed by atoms with Gasteiger partial charge in [0.05, 0.1) is 0 Å². The largest absolute Gasteiger partial charge is 0.357 e. The van der Waals surface area contributed by atoms with Gasteiger partial charge in [-0.05, 0) is 27.6 Å². The van der Waals surface area contributed by atoms with E-state index in [1.807, 2.05) is 0 Å². The van der Waals surface area contributed by atoms with Gasteiger partial charge in [0.2, 0.25) is 0 Å². The number of nitrogens with zero attached hydrogens (tertiary/aromatic N) is 1. The molecule has 0 saturated heterocycles. The quantitative estimate of drug-likeness (QED) is 0.670. The van der Waals surface area contributed by atoms with Crippen molar-refractivity contribution in [1.82, 2.24) is 4.57 Å². The minimum atomic E-state index is 0.155. The number of hydrogen-bond acceptors (Lipinski definition) is 1. The summed E-state index contributed by atoms with van der Waals surface area (Å²) in [5.74, 6) is 0. The van der Waals surface area contributed by atoms with E-state index >= 15 is 0 Å². The molecule has 2 atom stereocenters. The number of ether oxygens (including phenoxy) is 1. The minimum Gasteiger partial charge on any atom is -0.357 e. The van der Waals surface area contributed by atoms with E-state index in [1.165, 1.54) is 22.0 Å². The van der Waals surface area contributed by atoms with E-state index < -0.39 is 0 Å². The van der Waals surface area contributed by atoms with Crippen molar-refractivity contribution in [3.8, 4) is 0 Å². The van der Waals surface area contributed by atoms with Gasteiger partial charge in [-0.15, -0.1) is 0 Å². The maximum absolute atomic E-state index is 5.87. The Balaban J connectivity index is 2.18. The standard InChI is InChI=1S/C13H10BrNO/c1-15-6-8(14)13-9(15)3-2-7-10-4-5-11(16-10)12(7)13/h2-6,10-11H,1H3/t10-,11+/m0/s1. The monoisotopic (exact) mass is 275 g/mol. The van der Waals surface area contributed by atoms with Crippen molar-refractivity contribution in [1.29, 1.82) is 0 Å². The zero-order valence-electron chi connectivity index (χ0n) is 8.77. The fraction of sp³-hybridized carbons (Fsp3) is 0.231. The second-order valence-electron chi connectivity index (χ2n) is 4.41. The van der Waals surface area contributed by atoms with Crippen molar-refractivity contribution in [2.75, 3.05) is 0 Å². The van der Waals surface area contributed by atoms with Crippen LogP contribution in [0, 0.1) is 0 Å². The summed E-state index contributed by atoms with van der Waals surface area (Å²) in [6.45, 7) is 0. The first kappa shape index (κ1) is 9.02. The molecule has 3 heterocycles. The summed E-state index contributed by atoms with van der Waals surface area (Å²) < 4.78 is 9.18. The average molecular weight is 276 g/mol. The lowest BCUT2D eigenvalue weighted by atomic mass is 9.94. The Bertz CT molecular complexity index is 641. The van der Waals surface area contributed by atoms with E-state index in [4.69, 9.17) is 4.74 Å². The highest BCUT2D eigenvalue weighted by Crippen LogP contribution is 2.49. The third kappa shape index (κ3) is 0.913. The molecule has 0 radical (unpaired) electrons. The molecule has 0 amide bonds. The lowest BCUT2D eigenvalue weighted by Gasteiger charge is -2.09. The normalized spacial score (nSPS) is 25.6. The van der Waals surface area contributed by atoms with Crippen molar-refractivity contribution >= 4 is 26.8 Å². The Morgan fingerprint density at radius 1 is 1.25 bits per heavy atom. The second-order valence-corrected chi connectivity index (χ2v) is 5.27. The first-order chi connectivity index (χ1) is 7.75. The van der Waals surface area contributed by atoms with Gasteiger partial charge in [0.1, 0.15) is 12.2 Å². The number of hydrogen-bond donors (Lipinski definition) is 0. The average Bonchev–Trinajstić information content (AvgIpc) is 2.93. The number of fused-ring (bicyclic) bond motifs is 7. The van der Waals surface area contributed by atoms with Crippen LogP contribution in [0.2, 0.25) is 0 Å². The molecule has 0 aliphatic carbocycles. The number of aromatic nitrogens is 1. The van der Waals surface area contributed by atoms with Gasteiger partial charge in [-0.3, -0.25) is 0 Å². The Labute approximate surface area is 102 Å². The molecule has 0 unspecified atom stereocenters. The first-order valence-corrected chi connectivity index (χ1v) is 6.16. The van der Waals surface area contributed by atoms with Gasteiger partial charge in [-0.1, -0.05) is 18.2 Å². The highest BCUT2D eigenvalue weighted by atomic mass is 79.9. The van der Waals surface area contributed by atoms with E-state index in [-0.39, 0.29) is 12.2 Å². The predicted octanol–water partition coefficient (Wildman–Crippen LogP) is 3.62. The predicted molar refractivity (Wildman–Crippen MR) is 66.3 cm³/mol. The van der Waals surface area contributed by atoms with Gasteiger partial charge in [0, 0.05) is 34.2 Å². The molecule has 2 aliphatic heterocycles. The van der Waals surface area contributed by atoms with Crippen LogP contribution in [0.1, 0.15) is 23.3 Å². The zero-order valence-corrected chi connectivity index (χ0v) is 10.4. The SMILES string of the molecule is Cn1cc(Br)c2c3c(ccc21)[C@@H]1C=C[C@H]3O1. The molecule has 1 aromatic carbocycles. The summed E-state index contributed by atoms with van der Waals surface area (Å²) in [6.07, 6.45) is 6.75. The molecule has 80 valence electrons. The van der Waals surface area contributed by atoms with Gasteiger partial charge >= 0.3 is 0 Å². The smallest absolute Gasteiger partial charge is 0.103 e. The number of benzene rings is 1. The van der Waals surface area contributed by atoms with E-state index in [0.29, 0.717) is 0 Å². The lowest BCUT2D eigenvalue weighted by Crippen LogP contribution is -1.94. The van der Waals surface area contributed by atoms with Crippen LogP contribution in [0.15, 0.2) is 35.0 Å².